The van der Waals surface area contributed by atoms with E-state index in [4.69, 9.17) is 4.74 Å². The molecular formula is C30H30N2O6S2. The van der Waals surface area contributed by atoms with Crippen molar-refractivity contribution in [3.8, 4) is 0 Å². The number of hydrogen-bond donors (Lipinski definition) is 1. The zero-order chi connectivity index (χ0) is 28.9. The Morgan fingerprint density at radius 2 is 1.43 bits per heavy atom. The van der Waals surface area contributed by atoms with Crippen LogP contribution in [0.4, 0.5) is 0 Å². The highest BCUT2D eigenvalue weighted by atomic mass is 33.1. The first-order valence-corrected chi connectivity index (χ1v) is 15.6. The van der Waals surface area contributed by atoms with Gasteiger partial charge < -0.3 is 15.0 Å². The van der Waals surface area contributed by atoms with E-state index < -0.39 is 50.2 Å². The number of carbonyl (C=O) groups is 3. The van der Waals surface area contributed by atoms with Gasteiger partial charge in [0.05, 0.1) is 5.75 Å². The van der Waals surface area contributed by atoms with E-state index in [1.54, 1.807) is 37.3 Å². The van der Waals surface area contributed by atoms with Crippen LogP contribution in [0.25, 0.3) is 0 Å². The summed E-state index contributed by atoms with van der Waals surface area (Å²) in [6.07, 6.45) is -0.771. The monoisotopic (exact) mass is 578 g/mol. The third-order valence-corrected chi connectivity index (χ3v) is 9.78. The number of hydrogen-bond acceptors (Lipinski definition) is 7. The lowest BCUT2D eigenvalue weighted by molar-refractivity contribution is -0.165. The minimum atomic E-state index is -3.82. The Morgan fingerprint density at radius 1 is 0.925 bits per heavy atom. The van der Waals surface area contributed by atoms with Gasteiger partial charge in [0.15, 0.2) is 12.1 Å². The molecule has 40 heavy (non-hydrogen) atoms. The Bertz CT molecular complexity index is 1440. The molecule has 1 aliphatic rings. The van der Waals surface area contributed by atoms with Gasteiger partial charge in [0.25, 0.3) is 0 Å². The highest BCUT2D eigenvalue weighted by molar-refractivity contribution is 8.72. The molecular weight excluding hydrogens is 548 g/mol. The maximum absolute atomic E-state index is 13.7. The average molecular weight is 579 g/mol. The van der Waals surface area contributed by atoms with Crippen molar-refractivity contribution in [1.82, 2.24) is 10.2 Å². The highest BCUT2D eigenvalue weighted by Crippen LogP contribution is 2.39. The van der Waals surface area contributed by atoms with Crippen LogP contribution in [0.3, 0.4) is 0 Å². The van der Waals surface area contributed by atoms with Gasteiger partial charge in [-0.1, -0.05) is 97.6 Å². The lowest BCUT2D eigenvalue weighted by Gasteiger charge is -2.49. The standard InChI is InChI=1S/C30H30N2O6S2/c1-20(2)26(30(35)38-27(23-15-9-5-10-16-23)24-17-11-6-12-18-24)32-28(34)25(31-21(3)33)29(32)39-40(36,37)19-22-13-7-4-8-14-22/h4-18,25-27,29H,1,19H2,2-3H3,(H,31,33). The molecule has 0 radical (unpaired) electrons. The van der Waals surface area contributed by atoms with E-state index in [0.29, 0.717) is 21.9 Å². The molecule has 4 rings (SSSR count). The third-order valence-electron chi connectivity index (χ3n) is 6.28. The van der Waals surface area contributed by atoms with Crippen molar-refractivity contribution in [2.45, 2.75) is 43.2 Å². The zero-order valence-corrected chi connectivity index (χ0v) is 23.7. The zero-order valence-electron chi connectivity index (χ0n) is 22.1. The normalized spacial score (nSPS) is 17.6. The first-order valence-electron chi connectivity index (χ1n) is 12.6. The van der Waals surface area contributed by atoms with E-state index in [1.165, 1.54) is 6.92 Å². The van der Waals surface area contributed by atoms with Gasteiger partial charge in [-0.2, -0.15) is 0 Å². The summed E-state index contributed by atoms with van der Waals surface area (Å²) < 4.78 is 32.3. The van der Waals surface area contributed by atoms with Crippen molar-refractivity contribution in [2.75, 3.05) is 0 Å². The number of nitrogens with one attached hydrogen (secondary N) is 1. The van der Waals surface area contributed by atoms with Gasteiger partial charge in [-0.05, 0) is 40.0 Å². The molecule has 3 atom stereocenters. The van der Waals surface area contributed by atoms with Crippen molar-refractivity contribution in [3.63, 3.8) is 0 Å². The SMILES string of the molecule is C=C(C)C(C(=O)OC(c1ccccc1)c1ccccc1)N1C(=O)C(NC(C)=O)C1SS(=O)(=O)Cc1ccccc1. The minimum absolute atomic E-state index is 0.282. The second-order valence-electron chi connectivity index (χ2n) is 9.49. The predicted octanol–water partition coefficient (Wildman–Crippen LogP) is 4.20. The van der Waals surface area contributed by atoms with Gasteiger partial charge in [0, 0.05) is 6.92 Å². The number of β-lactam (4-membered cyclic amide) rings is 1. The molecule has 3 unspecified atom stereocenters. The average Bonchev–Trinajstić information content (AvgIpc) is 2.93. The fraction of sp³-hybridized carbons (Fsp3) is 0.233. The smallest absolute Gasteiger partial charge is 0.334 e. The molecule has 0 spiro atoms. The second-order valence-corrected chi connectivity index (χ2v) is 13.7. The Morgan fingerprint density at radius 3 is 1.90 bits per heavy atom. The van der Waals surface area contributed by atoms with Crippen LogP contribution in [-0.4, -0.2) is 48.6 Å². The summed E-state index contributed by atoms with van der Waals surface area (Å²) in [5.41, 5.74) is 2.33. The highest BCUT2D eigenvalue weighted by Gasteiger charge is 2.55. The van der Waals surface area contributed by atoms with Crippen LogP contribution in [0.2, 0.25) is 0 Å². The Kier molecular flexibility index (Phi) is 9.11. The number of ether oxygens (including phenoxy) is 1. The lowest BCUT2D eigenvalue weighted by atomic mass is 9.98. The van der Waals surface area contributed by atoms with Crippen LogP contribution in [0, 0.1) is 0 Å². The van der Waals surface area contributed by atoms with Crippen LogP contribution in [0.1, 0.15) is 36.6 Å². The molecule has 8 nitrogen and oxygen atoms in total. The van der Waals surface area contributed by atoms with E-state index in [0.717, 1.165) is 16.0 Å². The predicted molar refractivity (Wildman–Crippen MR) is 154 cm³/mol. The topological polar surface area (TPSA) is 110 Å². The van der Waals surface area contributed by atoms with E-state index >= 15 is 0 Å². The summed E-state index contributed by atoms with van der Waals surface area (Å²) in [5.74, 6) is -2.13. The fourth-order valence-electron chi connectivity index (χ4n) is 4.49. The molecule has 0 bridgehead atoms. The van der Waals surface area contributed by atoms with Crippen LogP contribution in [0.15, 0.2) is 103 Å². The number of amides is 2. The quantitative estimate of drug-likeness (QED) is 0.157. The van der Waals surface area contributed by atoms with Crippen LogP contribution in [0.5, 0.6) is 0 Å². The minimum Gasteiger partial charge on any atom is -0.451 e. The van der Waals surface area contributed by atoms with Crippen molar-refractivity contribution in [1.29, 1.82) is 0 Å². The first kappa shape index (κ1) is 29.1. The van der Waals surface area contributed by atoms with Crippen molar-refractivity contribution in [2.24, 2.45) is 0 Å². The van der Waals surface area contributed by atoms with Crippen LogP contribution < -0.4 is 5.32 Å². The summed E-state index contributed by atoms with van der Waals surface area (Å²) >= 11 is 0. The van der Waals surface area contributed by atoms with Crippen LogP contribution in [-0.2, 0) is 33.7 Å². The summed E-state index contributed by atoms with van der Waals surface area (Å²) in [6, 6.07) is 24.6. The molecule has 2 amide bonds. The summed E-state index contributed by atoms with van der Waals surface area (Å²) in [4.78, 5) is 40.0. The van der Waals surface area contributed by atoms with Crippen molar-refractivity contribution in [3.05, 3.63) is 120 Å². The first-order chi connectivity index (χ1) is 19.1. The Labute approximate surface area is 237 Å². The van der Waals surface area contributed by atoms with E-state index in [-0.39, 0.29) is 5.75 Å². The molecule has 0 aromatic heterocycles. The van der Waals surface area contributed by atoms with Crippen molar-refractivity contribution < 1.29 is 27.5 Å². The van der Waals surface area contributed by atoms with Gasteiger partial charge >= 0.3 is 5.97 Å². The van der Waals surface area contributed by atoms with Gasteiger partial charge in [0.2, 0.25) is 20.7 Å². The number of carbonyl (C=O) groups excluding carboxylic acids is 3. The van der Waals surface area contributed by atoms with E-state index in [9.17, 15) is 22.8 Å². The van der Waals surface area contributed by atoms with E-state index in [2.05, 4.69) is 11.9 Å². The Hall–Kier alpha value is -3.89. The summed E-state index contributed by atoms with van der Waals surface area (Å²) in [5, 5.41) is 1.46. The number of benzene rings is 3. The number of nitrogens with zero attached hydrogens (tertiary/aromatic N) is 1. The van der Waals surface area contributed by atoms with Gasteiger partial charge in [-0.25, -0.2) is 13.2 Å². The molecule has 0 aliphatic carbocycles. The number of rotatable bonds is 11. The number of likely N-dealkylation sites (tertiary alicyclic amines) is 1. The van der Waals surface area contributed by atoms with Crippen molar-refractivity contribution >= 4 is 37.4 Å². The van der Waals surface area contributed by atoms with Gasteiger partial charge in [0.1, 0.15) is 11.4 Å². The van der Waals surface area contributed by atoms with Gasteiger partial charge in [-0.3, -0.25) is 9.59 Å². The number of esters is 1. The molecule has 1 aliphatic heterocycles. The Balaban J connectivity index is 1.63. The largest absolute Gasteiger partial charge is 0.451 e. The molecule has 1 fully saturated rings. The molecule has 3 aromatic carbocycles. The third kappa shape index (κ3) is 6.81. The molecule has 3 aromatic rings. The molecule has 1 heterocycles. The lowest BCUT2D eigenvalue weighted by Crippen LogP contribution is -2.73. The molecule has 10 heteroatoms. The molecule has 208 valence electrons. The fourth-order valence-corrected chi connectivity index (χ4v) is 8.20. The van der Waals surface area contributed by atoms with Crippen LogP contribution >= 0.6 is 10.8 Å². The molecule has 1 saturated heterocycles. The summed E-state index contributed by atoms with van der Waals surface area (Å²) in [6.45, 7) is 6.73. The second kappa shape index (κ2) is 12.5. The maximum Gasteiger partial charge on any atom is 0.334 e. The molecule has 1 N–H and O–H groups in total. The van der Waals surface area contributed by atoms with Gasteiger partial charge in [-0.15, -0.1) is 0 Å². The van der Waals surface area contributed by atoms with E-state index in [1.807, 2.05) is 60.7 Å². The summed E-state index contributed by atoms with van der Waals surface area (Å²) in [7, 11) is -3.29. The maximum atomic E-state index is 13.7. The molecule has 0 saturated carbocycles.